The number of rotatable bonds is 10. The molecule has 3 rings (SSSR count). The highest BCUT2D eigenvalue weighted by Gasteiger charge is 2.11. The van der Waals surface area contributed by atoms with Gasteiger partial charge in [0.05, 0.1) is 17.5 Å². The third-order valence-electron chi connectivity index (χ3n) is 4.98. The zero-order chi connectivity index (χ0) is 18.2. The SMILES string of the molecule is CCC[C@H](CCCCc1cc(-c2cn[nH]c2)on1)Cc1ccc(C)cc1. The zero-order valence-corrected chi connectivity index (χ0v) is 15.9. The molecule has 4 nitrogen and oxygen atoms in total. The lowest BCUT2D eigenvalue weighted by Gasteiger charge is -2.16. The molecule has 0 fully saturated rings. The van der Waals surface area contributed by atoms with Crippen LogP contribution in [0.25, 0.3) is 11.3 Å². The van der Waals surface area contributed by atoms with E-state index in [2.05, 4.69) is 53.5 Å². The lowest BCUT2D eigenvalue weighted by molar-refractivity contribution is 0.410. The normalized spacial score (nSPS) is 12.4. The maximum absolute atomic E-state index is 5.40. The van der Waals surface area contributed by atoms with Crippen LogP contribution in [0.3, 0.4) is 0 Å². The van der Waals surface area contributed by atoms with Gasteiger partial charge < -0.3 is 4.52 Å². The summed E-state index contributed by atoms with van der Waals surface area (Å²) in [5.74, 6) is 1.57. The van der Waals surface area contributed by atoms with E-state index in [0.717, 1.165) is 35.8 Å². The summed E-state index contributed by atoms with van der Waals surface area (Å²) in [7, 11) is 0. The molecule has 0 bridgehead atoms. The first-order valence-electron chi connectivity index (χ1n) is 9.75. The number of hydrogen-bond donors (Lipinski definition) is 1. The van der Waals surface area contributed by atoms with Crippen LogP contribution in [0.15, 0.2) is 47.2 Å². The monoisotopic (exact) mass is 351 g/mol. The first kappa shape index (κ1) is 18.4. The van der Waals surface area contributed by atoms with E-state index in [1.54, 1.807) is 6.20 Å². The first-order valence-corrected chi connectivity index (χ1v) is 9.75. The molecule has 0 aliphatic carbocycles. The molecule has 2 aromatic heterocycles. The Morgan fingerprint density at radius 1 is 1.12 bits per heavy atom. The summed E-state index contributed by atoms with van der Waals surface area (Å²) in [4.78, 5) is 0. The van der Waals surface area contributed by atoms with E-state index < -0.39 is 0 Å². The number of unbranched alkanes of at least 4 members (excludes halogenated alkanes) is 1. The van der Waals surface area contributed by atoms with Crippen molar-refractivity contribution in [2.24, 2.45) is 5.92 Å². The average molecular weight is 351 g/mol. The van der Waals surface area contributed by atoms with Crippen LogP contribution in [0.4, 0.5) is 0 Å². The highest BCUT2D eigenvalue weighted by molar-refractivity contribution is 5.54. The van der Waals surface area contributed by atoms with Crippen molar-refractivity contribution in [3.8, 4) is 11.3 Å². The fourth-order valence-corrected chi connectivity index (χ4v) is 3.50. The van der Waals surface area contributed by atoms with E-state index in [0.29, 0.717) is 0 Å². The van der Waals surface area contributed by atoms with Gasteiger partial charge in [-0.1, -0.05) is 67.6 Å². The van der Waals surface area contributed by atoms with Crippen LogP contribution in [0.2, 0.25) is 0 Å². The average Bonchev–Trinajstić information content (AvgIpc) is 3.32. The van der Waals surface area contributed by atoms with Crippen molar-refractivity contribution in [3.05, 3.63) is 59.5 Å². The van der Waals surface area contributed by atoms with Crippen LogP contribution in [0, 0.1) is 12.8 Å². The molecule has 0 unspecified atom stereocenters. The Labute approximate surface area is 156 Å². The summed E-state index contributed by atoms with van der Waals surface area (Å²) in [5.41, 5.74) is 4.79. The van der Waals surface area contributed by atoms with Gasteiger partial charge in [-0.3, -0.25) is 5.10 Å². The van der Waals surface area contributed by atoms with Crippen LogP contribution in [0.1, 0.15) is 55.8 Å². The molecule has 2 heterocycles. The molecular formula is C22H29N3O. The van der Waals surface area contributed by atoms with Gasteiger partial charge in [0.25, 0.3) is 0 Å². The Balaban J connectivity index is 1.44. The van der Waals surface area contributed by atoms with Crippen molar-refractivity contribution in [1.82, 2.24) is 15.4 Å². The highest BCUT2D eigenvalue weighted by atomic mass is 16.5. The Kier molecular flexibility index (Phi) is 6.64. The van der Waals surface area contributed by atoms with Crippen LogP contribution >= 0.6 is 0 Å². The number of nitrogens with one attached hydrogen (secondary N) is 1. The fourth-order valence-electron chi connectivity index (χ4n) is 3.50. The van der Waals surface area contributed by atoms with Gasteiger partial charge in [0.1, 0.15) is 0 Å². The summed E-state index contributed by atoms with van der Waals surface area (Å²) in [6, 6.07) is 11.0. The molecule has 26 heavy (non-hydrogen) atoms. The number of aryl methyl sites for hydroxylation is 2. The molecule has 0 radical (unpaired) electrons. The van der Waals surface area contributed by atoms with Crippen LogP contribution in [-0.2, 0) is 12.8 Å². The fraction of sp³-hybridized carbons (Fsp3) is 0.455. The Bertz CT molecular complexity index is 759. The summed E-state index contributed by atoms with van der Waals surface area (Å²) < 4.78 is 5.40. The molecule has 138 valence electrons. The molecule has 4 heteroatoms. The van der Waals surface area contributed by atoms with E-state index in [1.165, 1.54) is 43.2 Å². The molecule has 1 aromatic carbocycles. The smallest absolute Gasteiger partial charge is 0.170 e. The van der Waals surface area contributed by atoms with E-state index in [4.69, 9.17) is 4.52 Å². The molecule has 0 spiro atoms. The topological polar surface area (TPSA) is 54.7 Å². The largest absolute Gasteiger partial charge is 0.356 e. The Morgan fingerprint density at radius 3 is 2.69 bits per heavy atom. The molecular weight excluding hydrogens is 322 g/mol. The predicted molar refractivity (Wildman–Crippen MR) is 105 cm³/mol. The van der Waals surface area contributed by atoms with E-state index in [-0.39, 0.29) is 0 Å². The molecule has 0 saturated heterocycles. The Morgan fingerprint density at radius 2 is 1.96 bits per heavy atom. The van der Waals surface area contributed by atoms with Gasteiger partial charge >= 0.3 is 0 Å². The minimum atomic E-state index is 0.779. The standard InChI is InChI=1S/C22H29N3O/c1-3-6-18(13-19-11-9-17(2)10-12-19)7-4-5-8-21-14-22(26-25-21)20-15-23-24-16-20/h9-12,14-16,18H,3-8,13H2,1-2H3,(H,23,24)/t18-/m1/s1. The van der Waals surface area contributed by atoms with Gasteiger partial charge in [0, 0.05) is 12.3 Å². The lowest BCUT2D eigenvalue weighted by Crippen LogP contribution is -2.05. The van der Waals surface area contributed by atoms with Crippen molar-refractivity contribution in [3.63, 3.8) is 0 Å². The van der Waals surface area contributed by atoms with Crippen molar-refractivity contribution in [1.29, 1.82) is 0 Å². The Hall–Kier alpha value is -2.36. The molecule has 0 amide bonds. The number of H-pyrrole nitrogens is 1. The predicted octanol–water partition coefficient (Wildman–Crippen LogP) is 5.74. The van der Waals surface area contributed by atoms with Gasteiger partial charge in [0.15, 0.2) is 5.76 Å². The number of hydrogen-bond acceptors (Lipinski definition) is 3. The number of benzene rings is 1. The number of aromatic nitrogens is 3. The molecule has 0 aliphatic rings. The minimum absolute atomic E-state index is 0.779. The third kappa shape index (κ3) is 5.32. The summed E-state index contributed by atoms with van der Waals surface area (Å²) in [6.07, 6.45) is 12.0. The number of aromatic amines is 1. The second-order valence-electron chi connectivity index (χ2n) is 7.26. The van der Waals surface area contributed by atoms with Gasteiger partial charge in [-0.15, -0.1) is 0 Å². The van der Waals surface area contributed by atoms with Gasteiger partial charge in [-0.25, -0.2) is 0 Å². The second-order valence-corrected chi connectivity index (χ2v) is 7.26. The maximum Gasteiger partial charge on any atom is 0.170 e. The van der Waals surface area contributed by atoms with Gasteiger partial charge in [0.2, 0.25) is 0 Å². The van der Waals surface area contributed by atoms with Crippen LogP contribution in [-0.4, -0.2) is 15.4 Å². The van der Waals surface area contributed by atoms with Crippen molar-refractivity contribution < 1.29 is 4.52 Å². The zero-order valence-electron chi connectivity index (χ0n) is 15.9. The lowest BCUT2D eigenvalue weighted by atomic mass is 9.90. The van der Waals surface area contributed by atoms with Crippen LogP contribution in [0.5, 0.6) is 0 Å². The van der Waals surface area contributed by atoms with E-state index in [1.807, 2.05) is 12.3 Å². The van der Waals surface area contributed by atoms with E-state index >= 15 is 0 Å². The second kappa shape index (κ2) is 9.37. The summed E-state index contributed by atoms with van der Waals surface area (Å²) in [5, 5.41) is 10.9. The molecule has 1 N–H and O–H groups in total. The van der Waals surface area contributed by atoms with Crippen molar-refractivity contribution in [2.45, 2.75) is 58.8 Å². The molecule has 0 aliphatic heterocycles. The van der Waals surface area contributed by atoms with Crippen molar-refractivity contribution >= 4 is 0 Å². The third-order valence-corrected chi connectivity index (χ3v) is 4.98. The van der Waals surface area contributed by atoms with Gasteiger partial charge in [-0.05, 0) is 37.7 Å². The van der Waals surface area contributed by atoms with Crippen LogP contribution < -0.4 is 0 Å². The van der Waals surface area contributed by atoms with Gasteiger partial charge in [-0.2, -0.15) is 5.10 Å². The molecule has 3 aromatic rings. The molecule has 0 saturated carbocycles. The highest BCUT2D eigenvalue weighted by Crippen LogP contribution is 2.23. The first-order chi connectivity index (χ1) is 12.7. The van der Waals surface area contributed by atoms with E-state index in [9.17, 15) is 0 Å². The minimum Gasteiger partial charge on any atom is -0.356 e. The van der Waals surface area contributed by atoms with Crippen molar-refractivity contribution in [2.75, 3.05) is 0 Å². The quantitative estimate of drug-likeness (QED) is 0.473. The number of nitrogens with zero attached hydrogens (tertiary/aromatic N) is 2. The summed E-state index contributed by atoms with van der Waals surface area (Å²) in [6.45, 7) is 4.43. The maximum atomic E-state index is 5.40. The summed E-state index contributed by atoms with van der Waals surface area (Å²) >= 11 is 0. The molecule has 1 atom stereocenters.